The van der Waals surface area contributed by atoms with Crippen LogP contribution in [0.5, 0.6) is 0 Å². The quantitative estimate of drug-likeness (QED) is 0.657. The van der Waals surface area contributed by atoms with Crippen molar-refractivity contribution < 1.29 is 19.1 Å². The van der Waals surface area contributed by atoms with E-state index < -0.39 is 11.7 Å². The van der Waals surface area contributed by atoms with E-state index in [1.807, 2.05) is 20.8 Å². The number of alkyl carbamates (subject to hydrolysis) is 1. The van der Waals surface area contributed by atoms with Gasteiger partial charge in [-0.3, -0.25) is 14.9 Å². The summed E-state index contributed by atoms with van der Waals surface area (Å²) in [7, 11) is 0. The highest BCUT2D eigenvalue weighted by Gasteiger charge is 2.35. The Bertz CT molecular complexity index is 438. The number of ether oxygens (including phenoxy) is 1. The Kier molecular flexibility index (Phi) is 4.51. The molecule has 3 amide bonds. The maximum absolute atomic E-state index is 11.6. The first-order valence-corrected chi connectivity index (χ1v) is 7.32. The molecule has 1 atom stereocenters. The van der Waals surface area contributed by atoms with Crippen LogP contribution in [0.2, 0.25) is 0 Å². The zero-order chi connectivity index (χ0) is 15.6. The molecule has 1 aliphatic carbocycles. The predicted octanol–water partition coefficient (Wildman–Crippen LogP) is 0.437. The van der Waals surface area contributed by atoms with Crippen LogP contribution in [0.15, 0.2) is 0 Å². The summed E-state index contributed by atoms with van der Waals surface area (Å²) in [6.07, 6.45) is 2.02. The second-order valence-corrected chi connectivity index (χ2v) is 6.68. The molecule has 21 heavy (non-hydrogen) atoms. The van der Waals surface area contributed by atoms with Crippen LogP contribution >= 0.6 is 0 Å². The van der Waals surface area contributed by atoms with Crippen molar-refractivity contribution in [3.63, 3.8) is 0 Å². The molecule has 0 aromatic carbocycles. The molecule has 2 rings (SSSR count). The van der Waals surface area contributed by atoms with Crippen molar-refractivity contribution in [2.45, 2.75) is 70.2 Å². The third-order valence-electron chi connectivity index (χ3n) is 3.54. The van der Waals surface area contributed by atoms with Gasteiger partial charge in [-0.05, 0) is 40.0 Å². The molecule has 7 nitrogen and oxygen atoms in total. The standard InChI is InChI=1S/C14H23N3O4/c1-14(2,3)21-13(20)16-9-6-8(7-9)15-10-4-5-11(18)17-12(10)19/h8-10,15H,4-7H2,1-3H3,(H,16,20)(H,17,18,19). The smallest absolute Gasteiger partial charge is 0.407 e. The SMILES string of the molecule is CC(C)(C)OC(=O)NC1CC(NC2CCC(=O)NC2=O)C1. The van der Waals surface area contributed by atoms with E-state index in [1.165, 1.54) is 0 Å². The Labute approximate surface area is 124 Å². The van der Waals surface area contributed by atoms with Crippen LogP contribution in [-0.4, -0.2) is 41.6 Å². The van der Waals surface area contributed by atoms with Gasteiger partial charge in [0.1, 0.15) is 5.60 Å². The first kappa shape index (κ1) is 15.8. The molecule has 0 spiro atoms. The van der Waals surface area contributed by atoms with E-state index in [0.717, 1.165) is 12.8 Å². The Morgan fingerprint density at radius 2 is 1.90 bits per heavy atom. The number of carbonyl (C=O) groups is 3. The number of carbonyl (C=O) groups excluding carboxylic acids is 3. The van der Waals surface area contributed by atoms with Crippen molar-refractivity contribution in [3.05, 3.63) is 0 Å². The molecular weight excluding hydrogens is 274 g/mol. The van der Waals surface area contributed by atoms with Crippen molar-refractivity contribution in [2.75, 3.05) is 0 Å². The van der Waals surface area contributed by atoms with Gasteiger partial charge >= 0.3 is 6.09 Å². The second-order valence-electron chi connectivity index (χ2n) is 6.68. The monoisotopic (exact) mass is 297 g/mol. The van der Waals surface area contributed by atoms with Crippen LogP contribution in [0.4, 0.5) is 4.79 Å². The summed E-state index contributed by atoms with van der Waals surface area (Å²) in [6, 6.07) is -0.0466. The summed E-state index contributed by atoms with van der Waals surface area (Å²) < 4.78 is 5.19. The number of rotatable bonds is 3. The molecule has 7 heteroatoms. The lowest BCUT2D eigenvalue weighted by Crippen LogP contribution is -2.59. The van der Waals surface area contributed by atoms with Crippen molar-refractivity contribution in [1.29, 1.82) is 0 Å². The fraction of sp³-hybridized carbons (Fsp3) is 0.786. The Morgan fingerprint density at radius 1 is 1.24 bits per heavy atom. The lowest BCUT2D eigenvalue weighted by Gasteiger charge is -2.39. The molecule has 2 aliphatic rings. The Morgan fingerprint density at radius 3 is 2.48 bits per heavy atom. The van der Waals surface area contributed by atoms with Crippen LogP contribution in [0.3, 0.4) is 0 Å². The molecule has 2 fully saturated rings. The van der Waals surface area contributed by atoms with Crippen LogP contribution in [-0.2, 0) is 14.3 Å². The number of imide groups is 1. The lowest BCUT2D eigenvalue weighted by molar-refractivity contribution is -0.135. The zero-order valence-corrected chi connectivity index (χ0v) is 12.7. The van der Waals surface area contributed by atoms with E-state index >= 15 is 0 Å². The van der Waals surface area contributed by atoms with Crippen LogP contribution in [0.1, 0.15) is 46.5 Å². The van der Waals surface area contributed by atoms with Gasteiger partial charge in [0.2, 0.25) is 11.8 Å². The molecule has 1 aliphatic heterocycles. The summed E-state index contributed by atoms with van der Waals surface area (Å²) in [4.78, 5) is 34.3. The average molecular weight is 297 g/mol. The van der Waals surface area contributed by atoms with Crippen molar-refractivity contribution in [1.82, 2.24) is 16.0 Å². The van der Waals surface area contributed by atoms with E-state index in [4.69, 9.17) is 4.74 Å². The van der Waals surface area contributed by atoms with Crippen molar-refractivity contribution in [2.24, 2.45) is 0 Å². The molecule has 0 aromatic heterocycles. The topological polar surface area (TPSA) is 96.5 Å². The summed E-state index contributed by atoms with van der Waals surface area (Å²) in [5.41, 5.74) is -0.502. The first-order valence-electron chi connectivity index (χ1n) is 7.32. The summed E-state index contributed by atoms with van der Waals surface area (Å²) >= 11 is 0. The summed E-state index contributed by atoms with van der Waals surface area (Å²) in [5, 5.41) is 8.35. The molecule has 0 radical (unpaired) electrons. The van der Waals surface area contributed by atoms with Gasteiger partial charge in [0, 0.05) is 18.5 Å². The van der Waals surface area contributed by atoms with Gasteiger partial charge in [-0.1, -0.05) is 0 Å². The van der Waals surface area contributed by atoms with Crippen molar-refractivity contribution >= 4 is 17.9 Å². The van der Waals surface area contributed by atoms with Gasteiger partial charge in [-0.25, -0.2) is 4.79 Å². The van der Waals surface area contributed by atoms with Gasteiger partial charge in [-0.15, -0.1) is 0 Å². The molecule has 1 saturated carbocycles. The van der Waals surface area contributed by atoms with Gasteiger partial charge in [0.15, 0.2) is 0 Å². The lowest BCUT2D eigenvalue weighted by atomic mass is 9.85. The van der Waals surface area contributed by atoms with Crippen molar-refractivity contribution in [3.8, 4) is 0 Å². The first-order chi connectivity index (χ1) is 9.73. The molecule has 118 valence electrons. The van der Waals surface area contributed by atoms with E-state index in [0.29, 0.717) is 12.8 Å². The number of amides is 3. The maximum Gasteiger partial charge on any atom is 0.407 e. The van der Waals surface area contributed by atoms with E-state index in [-0.39, 0.29) is 29.9 Å². The van der Waals surface area contributed by atoms with Crippen LogP contribution in [0, 0.1) is 0 Å². The maximum atomic E-state index is 11.6. The van der Waals surface area contributed by atoms with E-state index in [1.54, 1.807) is 0 Å². The normalized spacial score (nSPS) is 29.4. The van der Waals surface area contributed by atoms with E-state index in [2.05, 4.69) is 16.0 Å². The number of hydrogen-bond acceptors (Lipinski definition) is 5. The number of nitrogens with one attached hydrogen (secondary N) is 3. The van der Waals surface area contributed by atoms with Gasteiger partial charge in [-0.2, -0.15) is 0 Å². The van der Waals surface area contributed by atoms with E-state index in [9.17, 15) is 14.4 Å². The molecule has 1 saturated heterocycles. The highest BCUT2D eigenvalue weighted by Crippen LogP contribution is 2.22. The molecular formula is C14H23N3O4. The molecule has 0 aromatic rings. The molecule has 1 heterocycles. The predicted molar refractivity (Wildman–Crippen MR) is 75.5 cm³/mol. The molecule has 0 bridgehead atoms. The minimum atomic E-state index is -0.502. The number of hydrogen-bond donors (Lipinski definition) is 3. The fourth-order valence-corrected chi connectivity index (χ4v) is 2.48. The second kappa shape index (κ2) is 6.01. The highest BCUT2D eigenvalue weighted by molar-refractivity contribution is 6.00. The minimum absolute atomic E-state index is 0.0747. The molecule has 1 unspecified atom stereocenters. The van der Waals surface area contributed by atoms with Crippen LogP contribution in [0.25, 0.3) is 0 Å². The zero-order valence-electron chi connectivity index (χ0n) is 12.7. The Balaban J connectivity index is 1.66. The Hall–Kier alpha value is -1.63. The van der Waals surface area contributed by atoms with Gasteiger partial charge < -0.3 is 15.4 Å². The van der Waals surface area contributed by atoms with Gasteiger partial charge in [0.25, 0.3) is 0 Å². The largest absolute Gasteiger partial charge is 0.444 e. The summed E-state index contributed by atoms with van der Waals surface area (Å²) in [5.74, 6) is -0.467. The molecule has 3 N–H and O–H groups in total. The summed E-state index contributed by atoms with van der Waals surface area (Å²) in [6.45, 7) is 5.46. The van der Waals surface area contributed by atoms with Crippen LogP contribution < -0.4 is 16.0 Å². The van der Waals surface area contributed by atoms with Gasteiger partial charge in [0.05, 0.1) is 6.04 Å². The highest BCUT2D eigenvalue weighted by atomic mass is 16.6. The number of piperidine rings is 1. The average Bonchev–Trinajstić information content (AvgIpc) is 2.26. The minimum Gasteiger partial charge on any atom is -0.444 e. The fourth-order valence-electron chi connectivity index (χ4n) is 2.48. The third kappa shape index (κ3) is 4.70. The third-order valence-corrected chi connectivity index (χ3v) is 3.54.